The third-order valence-corrected chi connectivity index (χ3v) is 0.556. The van der Waals surface area contributed by atoms with Crippen LogP contribution in [0.3, 0.4) is 0 Å². The Labute approximate surface area is 115 Å². The molecule has 0 atom stereocenters. The van der Waals surface area contributed by atoms with Gasteiger partial charge in [-0.2, -0.15) is 18.2 Å². The molecule has 0 fully saturated rings. The molecular weight excluding hydrogens is 218 g/mol. The minimum atomic E-state index is 0. The van der Waals surface area contributed by atoms with E-state index in [4.69, 9.17) is 0 Å². The molecule has 0 aliphatic rings. The monoisotopic (exact) mass is 247 g/mol. The molecule has 0 saturated carbocycles. The van der Waals surface area contributed by atoms with Crippen LogP contribution in [-0.4, -0.2) is 26.0 Å². The summed E-state index contributed by atoms with van der Waals surface area (Å²) in [5.74, 6) is 0. The number of rotatable bonds is 0. The summed E-state index contributed by atoms with van der Waals surface area (Å²) < 4.78 is 0. The average Bonchev–Trinajstić information content (AvgIpc) is 2.11. The van der Waals surface area contributed by atoms with E-state index < -0.39 is 0 Å². The summed E-state index contributed by atoms with van der Waals surface area (Å²) >= 11 is 0. The van der Waals surface area contributed by atoms with Gasteiger partial charge in [-0.15, -0.1) is 0 Å². The van der Waals surface area contributed by atoms with E-state index in [1.165, 1.54) is 0 Å². The molecule has 0 amide bonds. The maximum absolute atomic E-state index is 2.00. The zero-order valence-corrected chi connectivity index (χ0v) is 13.4. The third-order valence-electron chi connectivity index (χ3n) is 0.556. The van der Waals surface area contributed by atoms with Crippen molar-refractivity contribution in [2.75, 3.05) is 21.1 Å². The first-order chi connectivity index (χ1) is 4.23. The molecule has 1 rings (SSSR count). The predicted molar refractivity (Wildman–Crippen MR) is 73.7 cm³/mol. The zero-order chi connectivity index (χ0) is 7.11. The van der Waals surface area contributed by atoms with Gasteiger partial charge in [0, 0.05) is 21.7 Å². The van der Waals surface area contributed by atoms with Crippen molar-refractivity contribution in [3.63, 3.8) is 0 Å². The van der Waals surface area contributed by atoms with Gasteiger partial charge >= 0.3 is 0 Å². The second-order valence-electron chi connectivity index (χ2n) is 2.30. The molecule has 15 heavy (non-hydrogen) atoms. The van der Waals surface area contributed by atoms with Crippen LogP contribution in [0.5, 0.6) is 0 Å². The molecule has 0 heterocycles. The van der Waals surface area contributed by atoms with E-state index in [2.05, 4.69) is 0 Å². The summed E-state index contributed by atoms with van der Waals surface area (Å²) in [6.45, 7) is 0. The first-order valence-electron chi connectivity index (χ1n) is 3.01. The van der Waals surface area contributed by atoms with E-state index >= 15 is 0 Å². The Hall–Kier alpha value is 0.0243. The molecule has 2 heteroatoms. The number of hydrogen-bond donors (Lipinski definition) is 0. The summed E-state index contributed by atoms with van der Waals surface area (Å²) in [7, 11) is 6.00. The van der Waals surface area contributed by atoms with Gasteiger partial charge in [-0.3, -0.25) is 0 Å². The Morgan fingerprint density at radius 1 is 0.733 bits per heavy atom. The Bertz CT molecular complexity index is 94.1. The van der Waals surface area contributed by atoms with Crippen LogP contribution in [0.15, 0.2) is 30.3 Å². The molecule has 0 bridgehead atoms. The van der Waals surface area contributed by atoms with Crippen LogP contribution >= 0.6 is 0 Å². The quantitative estimate of drug-likeness (QED) is 0.497. The van der Waals surface area contributed by atoms with Crippen LogP contribution in [0.1, 0.15) is 0 Å². The molecule has 0 unspecified atom stereocenters. The van der Waals surface area contributed by atoms with Crippen molar-refractivity contribution in [1.29, 1.82) is 0 Å². The standard InChI is InChI=1S/C5H5.C3H9N.5CH3.Ti/c1-2-4-5-3-1;1-4(2)3;;;;;;/h1-5H;1-3H3;5*1H3;/q-1;;5*-1;. The molecule has 0 N–H and O–H groups in total. The Balaban J connectivity index is -0.0000000124. The Kier molecular flexibility index (Phi) is 113. The topological polar surface area (TPSA) is 3.24 Å². The normalized spacial score (nSPS) is 5.07. The molecule has 1 nitrogen and oxygen atoms in total. The van der Waals surface area contributed by atoms with E-state index in [1.54, 1.807) is 0 Å². The fourth-order valence-electron chi connectivity index (χ4n) is 0.321. The summed E-state index contributed by atoms with van der Waals surface area (Å²) in [6, 6.07) is 10.0. The largest absolute Gasteiger partial charge is 0.358 e. The number of nitrogens with zero attached hydrogens (tertiary/aromatic N) is 1. The minimum absolute atomic E-state index is 0. The molecule has 0 spiro atoms. The molecule has 1 aromatic carbocycles. The van der Waals surface area contributed by atoms with E-state index in [1.807, 2.05) is 56.4 Å². The second kappa shape index (κ2) is 36.9. The van der Waals surface area contributed by atoms with Crippen molar-refractivity contribution in [1.82, 2.24) is 4.90 Å². The molecule has 96 valence electrons. The van der Waals surface area contributed by atoms with E-state index in [0.29, 0.717) is 0 Å². The maximum Gasteiger partial charge on any atom is 0 e. The van der Waals surface area contributed by atoms with Crippen LogP contribution < -0.4 is 0 Å². The summed E-state index contributed by atoms with van der Waals surface area (Å²) in [4.78, 5) is 2.00. The molecule has 1 aromatic rings. The molecule has 0 aliphatic heterocycles. The smallest absolute Gasteiger partial charge is 0 e. The van der Waals surface area contributed by atoms with Crippen molar-refractivity contribution in [3.8, 4) is 0 Å². The molecule has 0 saturated heterocycles. The van der Waals surface area contributed by atoms with Crippen molar-refractivity contribution in [2.45, 2.75) is 0 Å². The van der Waals surface area contributed by atoms with Gasteiger partial charge in [0.2, 0.25) is 0 Å². The van der Waals surface area contributed by atoms with E-state index in [9.17, 15) is 0 Å². The molecule has 0 aromatic heterocycles. The van der Waals surface area contributed by atoms with Gasteiger partial charge < -0.3 is 42.0 Å². The van der Waals surface area contributed by atoms with E-state index in [0.717, 1.165) is 0 Å². The summed E-state index contributed by atoms with van der Waals surface area (Å²) in [5, 5.41) is 0. The fourth-order valence-corrected chi connectivity index (χ4v) is 0.321. The van der Waals surface area contributed by atoms with Crippen molar-refractivity contribution in [2.24, 2.45) is 0 Å². The van der Waals surface area contributed by atoms with E-state index in [-0.39, 0.29) is 58.9 Å². The SMILES string of the molecule is CN(C)C.[CH3-].[CH3-].[CH3-].[CH3-].[CH3-].[Ti].c1cc[cH-]c1. The summed E-state index contributed by atoms with van der Waals surface area (Å²) in [6.07, 6.45) is 0. The van der Waals surface area contributed by atoms with Crippen molar-refractivity contribution >= 4 is 0 Å². The zero-order valence-electron chi connectivity index (χ0n) is 11.8. The fraction of sp³-hybridized carbons (Fsp3) is 0.231. The molecular formula is C13H29NTi-6. The number of hydrogen-bond acceptors (Lipinski definition) is 1. The van der Waals surface area contributed by atoms with Crippen LogP contribution in [0.4, 0.5) is 0 Å². The van der Waals surface area contributed by atoms with Crippen molar-refractivity contribution in [3.05, 3.63) is 67.5 Å². The van der Waals surface area contributed by atoms with Crippen LogP contribution in [0, 0.1) is 37.1 Å². The Morgan fingerprint density at radius 2 is 0.933 bits per heavy atom. The molecule has 0 aliphatic carbocycles. The Morgan fingerprint density at radius 3 is 1.00 bits per heavy atom. The maximum atomic E-state index is 2.00. The van der Waals surface area contributed by atoms with Gasteiger partial charge in [0.05, 0.1) is 0 Å². The second-order valence-corrected chi connectivity index (χ2v) is 2.30. The van der Waals surface area contributed by atoms with Gasteiger partial charge in [0.15, 0.2) is 0 Å². The van der Waals surface area contributed by atoms with Crippen LogP contribution in [0.2, 0.25) is 0 Å². The van der Waals surface area contributed by atoms with Gasteiger partial charge in [-0.25, -0.2) is 12.1 Å². The van der Waals surface area contributed by atoms with Gasteiger partial charge in [-0.1, -0.05) is 0 Å². The third kappa shape index (κ3) is 80.3. The summed E-state index contributed by atoms with van der Waals surface area (Å²) in [5.41, 5.74) is 0. The van der Waals surface area contributed by atoms with Crippen LogP contribution in [0.25, 0.3) is 0 Å². The van der Waals surface area contributed by atoms with Crippen molar-refractivity contribution < 1.29 is 21.7 Å². The average molecular weight is 247 g/mol. The first-order valence-corrected chi connectivity index (χ1v) is 3.01. The van der Waals surface area contributed by atoms with Gasteiger partial charge in [-0.05, 0) is 21.1 Å². The first kappa shape index (κ1) is 45.9. The van der Waals surface area contributed by atoms with Gasteiger partial charge in [0.1, 0.15) is 0 Å². The minimum Gasteiger partial charge on any atom is -0.358 e. The van der Waals surface area contributed by atoms with Crippen LogP contribution in [-0.2, 0) is 21.7 Å². The van der Waals surface area contributed by atoms with Gasteiger partial charge in [0.25, 0.3) is 0 Å². The molecule has 0 radical (unpaired) electrons. The predicted octanol–water partition coefficient (Wildman–Crippen LogP) is 3.83.